The van der Waals surface area contributed by atoms with Crippen LogP contribution >= 0.6 is 15.9 Å². The lowest BCUT2D eigenvalue weighted by molar-refractivity contribution is -0.141. The number of aliphatic imine (C=N–C) groups is 1. The van der Waals surface area contributed by atoms with E-state index < -0.39 is 17.8 Å². The molecule has 0 bridgehead atoms. The van der Waals surface area contributed by atoms with Gasteiger partial charge >= 0.3 is 6.18 Å². The van der Waals surface area contributed by atoms with Gasteiger partial charge in [0, 0.05) is 35.8 Å². The van der Waals surface area contributed by atoms with Gasteiger partial charge in [-0.2, -0.15) is 13.2 Å². The molecule has 0 radical (unpaired) electrons. The van der Waals surface area contributed by atoms with Gasteiger partial charge in [0.2, 0.25) is 0 Å². The summed E-state index contributed by atoms with van der Waals surface area (Å²) in [5.41, 5.74) is 1.63. The van der Waals surface area contributed by atoms with E-state index in [0.29, 0.717) is 34.3 Å². The van der Waals surface area contributed by atoms with Gasteiger partial charge in [0.25, 0.3) is 11.8 Å². The smallest absolute Gasteiger partial charge is 0.355 e. The molecule has 2 aromatic heterocycles. The monoisotopic (exact) mass is 605 g/mol. The molecular weight excluding hydrogens is 575 g/mol. The van der Waals surface area contributed by atoms with Crippen LogP contribution in [0, 0.1) is 0 Å². The fourth-order valence-electron chi connectivity index (χ4n) is 3.62. The van der Waals surface area contributed by atoms with E-state index in [1.807, 2.05) is 20.8 Å². The molecule has 0 fully saturated rings. The highest BCUT2D eigenvalue weighted by molar-refractivity contribution is 9.10. The quantitative estimate of drug-likeness (QED) is 0.299. The number of hydrogen-bond acceptors (Lipinski definition) is 5. The van der Waals surface area contributed by atoms with E-state index in [-0.39, 0.29) is 22.4 Å². The Balaban J connectivity index is 0.00000260. The fourth-order valence-corrected chi connectivity index (χ4v) is 3.98. The van der Waals surface area contributed by atoms with Crippen molar-refractivity contribution in [2.75, 3.05) is 14.1 Å². The zero-order valence-corrected chi connectivity index (χ0v) is 24.2. The molecule has 39 heavy (non-hydrogen) atoms. The summed E-state index contributed by atoms with van der Waals surface area (Å²) >= 11 is 3.30. The third-order valence-electron chi connectivity index (χ3n) is 5.74. The Kier molecular flexibility index (Phi) is 11.3. The minimum Gasteiger partial charge on any atom is -0.355 e. The summed E-state index contributed by atoms with van der Waals surface area (Å²) in [5, 5.41) is 5.58. The molecule has 2 N–H and O–H groups in total. The largest absolute Gasteiger partial charge is 0.433 e. The van der Waals surface area contributed by atoms with Crippen LogP contribution in [0.4, 0.5) is 13.2 Å². The predicted octanol–water partition coefficient (Wildman–Crippen LogP) is 6.52. The first kappa shape index (κ1) is 31.6. The minimum atomic E-state index is -4.72. The van der Waals surface area contributed by atoms with E-state index in [2.05, 4.69) is 41.5 Å². The van der Waals surface area contributed by atoms with Crippen LogP contribution in [0.25, 0.3) is 10.9 Å². The van der Waals surface area contributed by atoms with Crippen molar-refractivity contribution in [3.8, 4) is 0 Å². The van der Waals surface area contributed by atoms with Gasteiger partial charge in [-0.1, -0.05) is 29.8 Å². The first-order chi connectivity index (χ1) is 18.4. The lowest BCUT2D eigenvalue weighted by atomic mass is 10.0. The summed E-state index contributed by atoms with van der Waals surface area (Å²) in [6.45, 7) is 7.52. The standard InChI is InChI=1S/C26H25BrF3N5O2.C2H6/c1-14(5-8-18-9-6-16(13-33-18)24(36)32-4)23(15(2)31-3)35-25(37)20-12-22(26(28,29)30)34-21-10-7-17(27)11-19(20)21;1-2/h6-7,9-13H,5,8H2,1-4H3,(H,32,36)(H,35,37);1-2H3/b23-14+,31-15?;. The summed E-state index contributed by atoms with van der Waals surface area (Å²) in [6.07, 6.45) is -2.23. The van der Waals surface area contributed by atoms with Gasteiger partial charge in [-0.15, -0.1) is 0 Å². The normalized spacial score (nSPS) is 12.3. The van der Waals surface area contributed by atoms with E-state index in [1.54, 1.807) is 38.2 Å². The lowest BCUT2D eigenvalue weighted by Crippen LogP contribution is -2.28. The van der Waals surface area contributed by atoms with E-state index in [0.717, 1.165) is 17.3 Å². The van der Waals surface area contributed by atoms with Crippen molar-refractivity contribution in [3.63, 3.8) is 0 Å². The number of alkyl halides is 3. The highest BCUT2D eigenvalue weighted by atomic mass is 79.9. The van der Waals surface area contributed by atoms with E-state index in [9.17, 15) is 22.8 Å². The number of nitrogens with one attached hydrogen (secondary N) is 2. The number of hydrogen-bond donors (Lipinski definition) is 2. The Morgan fingerprint density at radius 3 is 2.31 bits per heavy atom. The third-order valence-corrected chi connectivity index (χ3v) is 6.23. The van der Waals surface area contributed by atoms with Gasteiger partial charge in [-0.3, -0.25) is 19.6 Å². The summed E-state index contributed by atoms with van der Waals surface area (Å²) < 4.78 is 41.1. The Morgan fingerprint density at radius 1 is 1.05 bits per heavy atom. The summed E-state index contributed by atoms with van der Waals surface area (Å²) in [6, 6.07) is 8.73. The van der Waals surface area contributed by atoms with E-state index in [1.165, 1.54) is 19.3 Å². The molecule has 11 heteroatoms. The number of fused-ring (bicyclic) bond motifs is 1. The van der Waals surface area contributed by atoms with Crippen LogP contribution in [0.2, 0.25) is 0 Å². The van der Waals surface area contributed by atoms with Gasteiger partial charge < -0.3 is 10.6 Å². The highest BCUT2D eigenvalue weighted by Gasteiger charge is 2.34. The number of benzene rings is 1. The number of carbonyl (C=O) groups excluding carboxylic acids is 2. The maximum absolute atomic E-state index is 13.5. The molecule has 2 amide bonds. The number of pyridine rings is 2. The molecule has 0 aliphatic carbocycles. The summed E-state index contributed by atoms with van der Waals surface area (Å²) in [5.74, 6) is -0.944. The molecule has 0 atom stereocenters. The molecular formula is C28H31BrF3N5O2. The van der Waals surface area contributed by atoms with Crippen molar-refractivity contribution < 1.29 is 22.8 Å². The number of rotatable bonds is 7. The number of aromatic nitrogens is 2. The van der Waals surface area contributed by atoms with Crippen LogP contribution < -0.4 is 10.6 Å². The second-order valence-electron chi connectivity index (χ2n) is 8.25. The predicted molar refractivity (Wildman–Crippen MR) is 151 cm³/mol. The second kappa shape index (κ2) is 14.0. The molecule has 3 aromatic rings. The topological polar surface area (TPSA) is 96.3 Å². The lowest BCUT2D eigenvalue weighted by Gasteiger charge is -2.16. The molecule has 2 heterocycles. The van der Waals surface area contributed by atoms with Crippen LogP contribution in [-0.4, -0.2) is 41.6 Å². The fraction of sp³-hybridized carbons (Fsp3) is 0.321. The first-order valence-corrected chi connectivity index (χ1v) is 13.0. The molecule has 0 saturated carbocycles. The second-order valence-corrected chi connectivity index (χ2v) is 9.17. The molecule has 208 valence electrons. The van der Waals surface area contributed by atoms with Gasteiger partial charge in [0.15, 0.2) is 0 Å². The zero-order valence-electron chi connectivity index (χ0n) is 22.6. The Bertz CT molecular complexity index is 1400. The maximum atomic E-state index is 13.5. The van der Waals surface area contributed by atoms with Crippen LogP contribution in [0.15, 0.2) is 63.3 Å². The van der Waals surface area contributed by atoms with Crippen molar-refractivity contribution in [3.05, 3.63) is 80.9 Å². The molecule has 0 aliphatic heterocycles. The zero-order chi connectivity index (χ0) is 29.3. The van der Waals surface area contributed by atoms with Crippen LogP contribution in [0.5, 0.6) is 0 Å². The van der Waals surface area contributed by atoms with Crippen LogP contribution in [0.1, 0.15) is 66.2 Å². The van der Waals surface area contributed by atoms with Crippen molar-refractivity contribution >= 4 is 44.4 Å². The SMILES string of the molecule is CC.CN=C(C)/C(NC(=O)c1cc(C(F)(F)F)nc2ccc(Br)cc12)=C(/C)CCc1ccc(C(=O)NC)cn1. The van der Waals surface area contributed by atoms with E-state index in [4.69, 9.17) is 0 Å². The molecule has 0 aliphatic rings. The van der Waals surface area contributed by atoms with Crippen LogP contribution in [0.3, 0.4) is 0 Å². The minimum absolute atomic E-state index is 0.0533. The van der Waals surface area contributed by atoms with Crippen molar-refractivity contribution in [2.24, 2.45) is 4.99 Å². The van der Waals surface area contributed by atoms with Gasteiger partial charge in [0.05, 0.1) is 28.1 Å². The maximum Gasteiger partial charge on any atom is 0.433 e. The Morgan fingerprint density at radius 2 is 1.74 bits per heavy atom. The number of halogens is 4. The van der Waals surface area contributed by atoms with Gasteiger partial charge in [0.1, 0.15) is 5.69 Å². The highest BCUT2D eigenvalue weighted by Crippen LogP contribution is 2.32. The van der Waals surface area contributed by atoms with E-state index >= 15 is 0 Å². The molecule has 0 spiro atoms. The van der Waals surface area contributed by atoms with Crippen molar-refractivity contribution in [1.82, 2.24) is 20.6 Å². The van der Waals surface area contributed by atoms with Gasteiger partial charge in [-0.05, 0) is 68.7 Å². The molecule has 7 nitrogen and oxygen atoms in total. The number of carbonyl (C=O) groups is 2. The number of aryl methyl sites for hydroxylation is 1. The average Bonchev–Trinajstić information content (AvgIpc) is 2.93. The number of nitrogens with zero attached hydrogens (tertiary/aromatic N) is 3. The molecule has 0 saturated heterocycles. The van der Waals surface area contributed by atoms with Gasteiger partial charge in [-0.25, -0.2) is 4.98 Å². The number of amides is 2. The first-order valence-electron chi connectivity index (χ1n) is 12.2. The molecule has 0 unspecified atom stereocenters. The molecule has 1 aromatic carbocycles. The third kappa shape index (κ3) is 8.19. The number of allylic oxidation sites excluding steroid dienone is 2. The van der Waals surface area contributed by atoms with Crippen LogP contribution in [-0.2, 0) is 12.6 Å². The Hall–Kier alpha value is -3.60. The molecule has 3 rings (SSSR count). The Labute approximate surface area is 234 Å². The summed E-state index contributed by atoms with van der Waals surface area (Å²) in [7, 11) is 3.10. The average molecular weight is 606 g/mol. The van der Waals surface area contributed by atoms with Crippen molar-refractivity contribution in [2.45, 2.75) is 46.7 Å². The summed E-state index contributed by atoms with van der Waals surface area (Å²) in [4.78, 5) is 37.2. The van der Waals surface area contributed by atoms with Crippen molar-refractivity contribution in [1.29, 1.82) is 0 Å².